The summed E-state index contributed by atoms with van der Waals surface area (Å²) in [5.41, 5.74) is 2.95. The number of thioether (sulfide) groups is 1. The van der Waals surface area contributed by atoms with E-state index in [0.717, 1.165) is 42.7 Å². The summed E-state index contributed by atoms with van der Waals surface area (Å²) in [6.07, 6.45) is 5.74. The predicted octanol–water partition coefficient (Wildman–Crippen LogP) is 5.15. The Morgan fingerprint density at radius 2 is 1.95 bits per heavy atom. The Morgan fingerprint density at radius 1 is 1.14 bits per heavy atom. The number of rotatable bonds is 15. The van der Waals surface area contributed by atoms with Crippen molar-refractivity contribution in [3.8, 4) is 5.75 Å². The molecule has 202 valence electrons. The van der Waals surface area contributed by atoms with Gasteiger partial charge in [0, 0.05) is 25.8 Å². The Bertz CT molecular complexity index is 1170. The van der Waals surface area contributed by atoms with E-state index in [4.69, 9.17) is 14.5 Å². The lowest BCUT2D eigenvalue weighted by Gasteiger charge is -2.12. The molecule has 0 aliphatic heterocycles. The van der Waals surface area contributed by atoms with Gasteiger partial charge in [-0.15, -0.1) is 0 Å². The van der Waals surface area contributed by atoms with Crippen molar-refractivity contribution in [2.24, 2.45) is 7.05 Å². The number of methoxy groups -OCH3 is 1. The minimum absolute atomic E-state index is 0.00957. The van der Waals surface area contributed by atoms with Crippen LogP contribution in [0.3, 0.4) is 0 Å². The van der Waals surface area contributed by atoms with Gasteiger partial charge in [0.25, 0.3) is 0 Å². The number of anilines is 2. The first-order chi connectivity index (χ1) is 18.0. The fourth-order valence-corrected chi connectivity index (χ4v) is 4.65. The molecule has 0 fully saturated rings. The number of aromatic nitrogens is 4. The molecule has 2 aromatic heterocycles. The lowest BCUT2D eigenvalue weighted by atomic mass is 10.2. The largest absolute Gasteiger partial charge is 0.495 e. The van der Waals surface area contributed by atoms with E-state index in [2.05, 4.69) is 27.5 Å². The summed E-state index contributed by atoms with van der Waals surface area (Å²) in [6, 6.07) is 5.64. The van der Waals surface area contributed by atoms with Crippen molar-refractivity contribution in [3.05, 3.63) is 29.6 Å². The third kappa shape index (κ3) is 7.96. The van der Waals surface area contributed by atoms with Crippen molar-refractivity contribution >= 4 is 40.5 Å². The first-order valence-electron chi connectivity index (χ1n) is 12.8. The van der Waals surface area contributed by atoms with E-state index in [1.165, 1.54) is 24.6 Å². The van der Waals surface area contributed by atoms with Gasteiger partial charge < -0.3 is 24.5 Å². The Kier molecular flexibility index (Phi) is 11.3. The van der Waals surface area contributed by atoms with Crippen molar-refractivity contribution < 1.29 is 19.4 Å². The SMILES string of the molecule is CCCCCCCOC(=O)Nc1cc(CSc2nc(NCCO)c3nc(CC)n(C)c3n2)ccc1OC. The predicted molar refractivity (Wildman–Crippen MR) is 148 cm³/mol. The first-order valence-corrected chi connectivity index (χ1v) is 13.8. The lowest BCUT2D eigenvalue weighted by Crippen LogP contribution is -2.15. The molecule has 0 saturated carbocycles. The van der Waals surface area contributed by atoms with Crippen molar-refractivity contribution in [2.75, 3.05) is 37.5 Å². The van der Waals surface area contributed by atoms with Crippen LogP contribution >= 0.6 is 11.8 Å². The van der Waals surface area contributed by atoms with E-state index in [1.807, 2.05) is 36.7 Å². The number of fused-ring (bicyclic) bond motifs is 1. The van der Waals surface area contributed by atoms with Crippen LogP contribution in [0, 0.1) is 0 Å². The number of nitrogens with zero attached hydrogens (tertiary/aromatic N) is 4. The standard InChI is InChI=1S/C26H38N6O4S/c1-5-7-8-9-10-15-36-26(34)28-19-16-18(11-12-20(19)35-4)17-37-25-30-23(27-13-14-33)22-24(31-25)32(3)21(6-2)29-22/h11-12,16,33H,5-10,13-15,17H2,1-4H3,(H,28,34)(H,27,30,31). The second-order valence-electron chi connectivity index (χ2n) is 8.62. The lowest BCUT2D eigenvalue weighted by molar-refractivity contribution is 0.159. The van der Waals surface area contributed by atoms with Crippen molar-refractivity contribution in [3.63, 3.8) is 0 Å². The maximum Gasteiger partial charge on any atom is 0.411 e. The molecule has 0 spiro atoms. The molecule has 0 atom stereocenters. The van der Waals surface area contributed by atoms with Gasteiger partial charge in [0.05, 0.1) is 26.0 Å². The van der Waals surface area contributed by atoms with Gasteiger partial charge in [0.15, 0.2) is 22.1 Å². The number of ether oxygens (including phenoxy) is 2. The number of aryl methyl sites for hydroxylation is 2. The molecule has 10 nitrogen and oxygen atoms in total. The fraction of sp³-hybridized carbons (Fsp3) is 0.538. The number of carbonyl (C=O) groups excluding carboxylic acids is 1. The summed E-state index contributed by atoms with van der Waals surface area (Å²) in [6.45, 7) is 4.98. The maximum atomic E-state index is 12.3. The molecule has 3 rings (SSSR count). The highest BCUT2D eigenvalue weighted by Gasteiger charge is 2.16. The number of unbranched alkanes of at least 4 members (excludes halogenated alkanes) is 4. The molecule has 2 heterocycles. The van der Waals surface area contributed by atoms with E-state index in [1.54, 1.807) is 7.11 Å². The zero-order valence-corrected chi connectivity index (χ0v) is 23.0. The van der Waals surface area contributed by atoms with E-state index >= 15 is 0 Å². The highest BCUT2D eigenvalue weighted by molar-refractivity contribution is 7.98. The number of aliphatic hydroxyl groups is 1. The van der Waals surface area contributed by atoms with Gasteiger partial charge in [-0.25, -0.2) is 19.7 Å². The minimum atomic E-state index is -0.491. The molecule has 0 bridgehead atoms. The number of hydrogen-bond donors (Lipinski definition) is 3. The quantitative estimate of drug-likeness (QED) is 0.139. The van der Waals surface area contributed by atoms with Crippen LogP contribution in [0.5, 0.6) is 5.75 Å². The Balaban J connectivity index is 1.68. The summed E-state index contributed by atoms with van der Waals surface area (Å²) in [4.78, 5) is 26.4. The molecule has 11 heteroatoms. The second kappa shape index (κ2) is 14.6. The molecule has 3 aromatic rings. The van der Waals surface area contributed by atoms with Gasteiger partial charge in [-0.1, -0.05) is 57.4 Å². The summed E-state index contributed by atoms with van der Waals surface area (Å²) >= 11 is 1.48. The third-order valence-electron chi connectivity index (χ3n) is 5.86. The van der Waals surface area contributed by atoms with E-state index in [0.29, 0.717) is 46.8 Å². The number of carbonyl (C=O) groups is 1. The van der Waals surface area contributed by atoms with Gasteiger partial charge in [-0.2, -0.15) is 0 Å². The summed E-state index contributed by atoms with van der Waals surface area (Å²) in [5, 5.41) is 15.8. The fourth-order valence-electron chi connectivity index (χ4n) is 3.87. The van der Waals surface area contributed by atoms with Crippen molar-refractivity contribution in [2.45, 2.75) is 63.3 Å². The number of hydrogen-bond acceptors (Lipinski definition) is 9. The Morgan fingerprint density at radius 3 is 2.68 bits per heavy atom. The summed E-state index contributed by atoms with van der Waals surface area (Å²) in [5.74, 6) is 2.65. The average molecular weight is 531 g/mol. The van der Waals surface area contributed by atoms with Crippen LogP contribution in [0.25, 0.3) is 11.2 Å². The van der Waals surface area contributed by atoms with Gasteiger partial charge >= 0.3 is 6.09 Å². The Labute approximate surface area is 222 Å². The van der Waals surface area contributed by atoms with Gasteiger partial charge in [0.2, 0.25) is 0 Å². The molecule has 1 amide bonds. The van der Waals surface area contributed by atoms with Crippen LogP contribution < -0.4 is 15.4 Å². The number of nitrogens with one attached hydrogen (secondary N) is 2. The van der Waals surface area contributed by atoms with Crippen LogP contribution in [0.2, 0.25) is 0 Å². The van der Waals surface area contributed by atoms with E-state index in [9.17, 15) is 9.90 Å². The average Bonchev–Trinajstić information content (AvgIpc) is 3.23. The zero-order valence-electron chi connectivity index (χ0n) is 22.2. The zero-order chi connectivity index (χ0) is 26.6. The van der Waals surface area contributed by atoms with Crippen molar-refractivity contribution in [1.82, 2.24) is 19.5 Å². The number of aliphatic hydroxyl groups excluding tert-OH is 1. The third-order valence-corrected chi connectivity index (χ3v) is 6.78. The highest BCUT2D eigenvalue weighted by Crippen LogP contribution is 2.30. The van der Waals surface area contributed by atoms with Crippen LogP contribution in [0.1, 0.15) is 57.3 Å². The topological polar surface area (TPSA) is 123 Å². The minimum Gasteiger partial charge on any atom is -0.495 e. The molecule has 1 aromatic carbocycles. The molecule has 0 aliphatic rings. The molecular weight excluding hydrogens is 492 g/mol. The maximum absolute atomic E-state index is 12.3. The van der Waals surface area contributed by atoms with Crippen LogP contribution in [0.4, 0.5) is 16.3 Å². The molecular formula is C26H38N6O4S. The number of imidazole rings is 1. The summed E-state index contributed by atoms with van der Waals surface area (Å²) in [7, 11) is 3.51. The molecule has 0 saturated heterocycles. The van der Waals surface area contributed by atoms with Gasteiger partial charge in [0.1, 0.15) is 11.6 Å². The Hall–Kier alpha value is -3.05. The monoisotopic (exact) mass is 530 g/mol. The second-order valence-corrected chi connectivity index (χ2v) is 9.56. The van der Waals surface area contributed by atoms with E-state index in [-0.39, 0.29) is 6.61 Å². The van der Waals surface area contributed by atoms with Crippen LogP contribution in [-0.2, 0) is 24.0 Å². The van der Waals surface area contributed by atoms with Crippen molar-refractivity contribution in [1.29, 1.82) is 0 Å². The molecule has 0 aliphatic carbocycles. The smallest absolute Gasteiger partial charge is 0.411 e. The molecule has 3 N–H and O–H groups in total. The normalized spacial score (nSPS) is 11.1. The van der Waals surface area contributed by atoms with Gasteiger partial charge in [-0.3, -0.25) is 5.32 Å². The molecule has 37 heavy (non-hydrogen) atoms. The summed E-state index contributed by atoms with van der Waals surface area (Å²) < 4.78 is 12.7. The highest BCUT2D eigenvalue weighted by atomic mass is 32.2. The van der Waals surface area contributed by atoms with Crippen LogP contribution in [0.15, 0.2) is 23.4 Å². The number of benzene rings is 1. The first kappa shape index (κ1) is 28.5. The van der Waals surface area contributed by atoms with Crippen LogP contribution in [-0.4, -0.2) is 57.6 Å². The molecule has 0 unspecified atom stereocenters. The van der Waals surface area contributed by atoms with E-state index < -0.39 is 6.09 Å². The number of amides is 1. The van der Waals surface area contributed by atoms with Gasteiger partial charge in [-0.05, 0) is 24.1 Å². The molecule has 0 radical (unpaired) electrons.